The normalized spacial score (nSPS) is 17.0. The maximum absolute atomic E-state index is 12.0. The third-order valence-corrected chi connectivity index (χ3v) is 6.87. The highest BCUT2D eigenvalue weighted by Gasteiger charge is 2.21. The number of anilines is 2. The second kappa shape index (κ2) is 8.03. The first kappa shape index (κ1) is 20.7. The van der Waals surface area contributed by atoms with Crippen molar-refractivity contribution >= 4 is 27.0 Å². The second-order valence-electron chi connectivity index (χ2n) is 8.23. The van der Waals surface area contributed by atoms with E-state index in [0.29, 0.717) is 11.6 Å². The fourth-order valence-electron chi connectivity index (χ4n) is 4.10. The Labute approximate surface area is 186 Å². The standard InChI is InChI=1S/C22H25N7O2S/c1-28-14-16(12-24-28)19-13-25-29-21(26-17-6-3-7-18(9-17)32(2,30)31)10-20(27-22(19)29)15-5-4-8-23-11-15/h3,6-7,9-10,12-15,23,26H,4-5,8,11H2,1-2H3. The summed E-state index contributed by atoms with van der Waals surface area (Å²) in [4.78, 5) is 5.26. The SMILES string of the molecule is Cn1cc(-c2cnn3c(Nc4cccc(S(C)(=O)=O)c4)cc(C4CCCNC4)nc23)cn1. The fraction of sp³-hybridized carbons (Fsp3) is 0.318. The third-order valence-electron chi connectivity index (χ3n) is 5.76. The van der Waals surface area contributed by atoms with Crippen LogP contribution in [-0.2, 0) is 16.9 Å². The lowest BCUT2D eigenvalue weighted by atomic mass is 9.96. The molecule has 166 valence electrons. The Hall–Kier alpha value is -3.24. The predicted molar refractivity (Wildman–Crippen MR) is 123 cm³/mol. The van der Waals surface area contributed by atoms with Crippen LogP contribution in [0.25, 0.3) is 16.8 Å². The largest absolute Gasteiger partial charge is 0.340 e. The van der Waals surface area contributed by atoms with Crippen molar-refractivity contribution in [2.75, 3.05) is 24.7 Å². The second-order valence-corrected chi connectivity index (χ2v) is 10.2. The van der Waals surface area contributed by atoms with Crippen LogP contribution in [0.4, 0.5) is 11.5 Å². The number of sulfone groups is 1. The van der Waals surface area contributed by atoms with E-state index in [-0.39, 0.29) is 4.90 Å². The van der Waals surface area contributed by atoms with Gasteiger partial charge in [-0.3, -0.25) is 4.68 Å². The van der Waals surface area contributed by atoms with Gasteiger partial charge in [-0.1, -0.05) is 6.07 Å². The highest BCUT2D eigenvalue weighted by molar-refractivity contribution is 7.90. The Balaban J connectivity index is 1.63. The number of aromatic nitrogens is 5. The van der Waals surface area contributed by atoms with Crippen LogP contribution in [0.5, 0.6) is 0 Å². The van der Waals surface area contributed by atoms with Gasteiger partial charge >= 0.3 is 0 Å². The predicted octanol–water partition coefficient (Wildman–Crippen LogP) is 2.74. The average molecular weight is 452 g/mol. The molecule has 0 bridgehead atoms. The maximum atomic E-state index is 12.0. The molecule has 10 heteroatoms. The molecule has 1 saturated heterocycles. The van der Waals surface area contributed by atoms with Gasteiger partial charge in [0.15, 0.2) is 15.5 Å². The van der Waals surface area contributed by atoms with Gasteiger partial charge in [-0.15, -0.1) is 0 Å². The van der Waals surface area contributed by atoms with Crippen molar-refractivity contribution in [2.45, 2.75) is 23.7 Å². The Bertz CT molecular complexity index is 1380. The van der Waals surface area contributed by atoms with E-state index in [9.17, 15) is 8.42 Å². The Morgan fingerprint density at radius 2 is 2.06 bits per heavy atom. The minimum absolute atomic E-state index is 0.265. The molecule has 0 saturated carbocycles. The van der Waals surface area contributed by atoms with E-state index in [1.807, 2.05) is 25.4 Å². The van der Waals surface area contributed by atoms with E-state index in [2.05, 4.69) is 20.8 Å². The number of hydrogen-bond donors (Lipinski definition) is 2. The van der Waals surface area contributed by atoms with Crippen molar-refractivity contribution in [1.82, 2.24) is 29.7 Å². The van der Waals surface area contributed by atoms with Crippen LogP contribution in [0.15, 0.2) is 53.8 Å². The van der Waals surface area contributed by atoms with Gasteiger partial charge in [0.1, 0.15) is 5.82 Å². The van der Waals surface area contributed by atoms with E-state index in [0.717, 1.165) is 54.2 Å². The van der Waals surface area contributed by atoms with Gasteiger partial charge in [0.2, 0.25) is 0 Å². The topological polar surface area (TPSA) is 106 Å². The summed E-state index contributed by atoms with van der Waals surface area (Å²) in [7, 11) is -1.43. The van der Waals surface area contributed by atoms with Gasteiger partial charge in [0.05, 0.1) is 23.0 Å². The number of piperidine rings is 1. The Morgan fingerprint density at radius 3 is 2.78 bits per heavy atom. The molecule has 3 aromatic heterocycles. The van der Waals surface area contributed by atoms with Crippen molar-refractivity contribution in [3.05, 3.63) is 54.6 Å². The fourth-order valence-corrected chi connectivity index (χ4v) is 4.77. The Morgan fingerprint density at radius 1 is 1.19 bits per heavy atom. The first-order valence-corrected chi connectivity index (χ1v) is 12.4. The molecular formula is C22H25N7O2S. The molecule has 32 heavy (non-hydrogen) atoms. The quantitative estimate of drug-likeness (QED) is 0.480. The van der Waals surface area contributed by atoms with E-state index in [1.165, 1.54) is 6.26 Å². The third kappa shape index (κ3) is 3.98. The molecule has 0 aliphatic carbocycles. The number of nitrogens with one attached hydrogen (secondary N) is 2. The molecule has 2 N–H and O–H groups in total. The first-order chi connectivity index (χ1) is 15.4. The zero-order valence-electron chi connectivity index (χ0n) is 18.0. The van der Waals surface area contributed by atoms with Crippen LogP contribution < -0.4 is 10.6 Å². The average Bonchev–Trinajstić information content (AvgIpc) is 3.40. The lowest BCUT2D eigenvalue weighted by molar-refractivity contribution is 0.455. The van der Waals surface area contributed by atoms with Crippen molar-refractivity contribution in [3.8, 4) is 11.1 Å². The summed E-state index contributed by atoms with van der Waals surface area (Å²) in [5.74, 6) is 1.03. The summed E-state index contributed by atoms with van der Waals surface area (Å²) in [6.45, 7) is 1.90. The molecule has 4 aromatic rings. The minimum Gasteiger partial charge on any atom is -0.340 e. The molecule has 9 nitrogen and oxygen atoms in total. The number of aryl methyl sites for hydroxylation is 1. The molecule has 4 heterocycles. The number of benzene rings is 1. The van der Waals surface area contributed by atoms with Gasteiger partial charge in [0, 0.05) is 54.8 Å². The van der Waals surface area contributed by atoms with Crippen molar-refractivity contribution in [1.29, 1.82) is 0 Å². The van der Waals surface area contributed by atoms with Crippen LogP contribution >= 0.6 is 0 Å². The monoisotopic (exact) mass is 451 g/mol. The van der Waals surface area contributed by atoms with E-state index in [1.54, 1.807) is 39.8 Å². The van der Waals surface area contributed by atoms with Gasteiger partial charge in [-0.05, 0) is 37.6 Å². The first-order valence-electron chi connectivity index (χ1n) is 10.5. The summed E-state index contributed by atoms with van der Waals surface area (Å²) in [6.07, 6.45) is 8.91. The Kier molecular flexibility index (Phi) is 5.18. The van der Waals surface area contributed by atoms with Gasteiger partial charge in [-0.25, -0.2) is 13.4 Å². The summed E-state index contributed by atoms with van der Waals surface area (Å²) in [6, 6.07) is 8.81. The number of rotatable bonds is 5. The molecule has 5 rings (SSSR count). The van der Waals surface area contributed by atoms with Crippen LogP contribution in [0, 0.1) is 0 Å². The molecule has 1 atom stereocenters. The molecular weight excluding hydrogens is 426 g/mol. The molecule has 1 fully saturated rings. The van der Waals surface area contributed by atoms with Crippen LogP contribution in [0.1, 0.15) is 24.5 Å². The highest BCUT2D eigenvalue weighted by atomic mass is 32.2. The maximum Gasteiger partial charge on any atom is 0.175 e. The van der Waals surface area contributed by atoms with E-state index in [4.69, 9.17) is 4.98 Å². The lowest BCUT2D eigenvalue weighted by Crippen LogP contribution is -2.29. The van der Waals surface area contributed by atoms with E-state index >= 15 is 0 Å². The summed E-state index contributed by atoms with van der Waals surface area (Å²) >= 11 is 0. The summed E-state index contributed by atoms with van der Waals surface area (Å²) < 4.78 is 27.5. The van der Waals surface area contributed by atoms with Crippen LogP contribution in [0.2, 0.25) is 0 Å². The molecule has 1 aliphatic rings. The van der Waals surface area contributed by atoms with E-state index < -0.39 is 9.84 Å². The van der Waals surface area contributed by atoms with Gasteiger partial charge < -0.3 is 10.6 Å². The van der Waals surface area contributed by atoms with Crippen molar-refractivity contribution in [3.63, 3.8) is 0 Å². The van der Waals surface area contributed by atoms with Gasteiger partial charge in [-0.2, -0.15) is 14.7 Å². The van der Waals surface area contributed by atoms with Crippen molar-refractivity contribution < 1.29 is 8.42 Å². The summed E-state index contributed by atoms with van der Waals surface area (Å²) in [5.41, 5.74) is 4.24. The molecule has 1 aromatic carbocycles. The molecule has 0 radical (unpaired) electrons. The smallest absolute Gasteiger partial charge is 0.175 e. The molecule has 0 spiro atoms. The number of nitrogens with zero attached hydrogens (tertiary/aromatic N) is 5. The lowest BCUT2D eigenvalue weighted by Gasteiger charge is -2.23. The summed E-state index contributed by atoms with van der Waals surface area (Å²) in [5, 5.41) is 15.7. The molecule has 1 aliphatic heterocycles. The number of fused-ring (bicyclic) bond motifs is 1. The molecule has 0 amide bonds. The molecule has 1 unspecified atom stereocenters. The zero-order valence-corrected chi connectivity index (χ0v) is 18.8. The van der Waals surface area contributed by atoms with Crippen LogP contribution in [-0.4, -0.2) is 52.1 Å². The van der Waals surface area contributed by atoms with Gasteiger partial charge in [0.25, 0.3) is 0 Å². The van der Waals surface area contributed by atoms with Crippen LogP contribution in [0.3, 0.4) is 0 Å². The highest BCUT2D eigenvalue weighted by Crippen LogP contribution is 2.31. The zero-order chi connectivity index (χ0) is 22.3. The van der Waals surface area contributed by atoms with Crippen molar-refractivity contribution in [2.24, 2.45) is 7.05 Å². The minimum atomic E-state index is -3.31. The number of hydrogen-bond acceptors (Lipinski definition) is 7.